The van der Waals surface area contributed by atoms with Crippen molar-refractivity contribution in [1.29, 1.82) is 0 Å². The van der Waals surface area contributed by atoms with E-state index in [9.17, 15) is 0 Å². The SMILES string of the molecule is O=[Si]([O-])[O-].O=[Si]([O-])[O-].O=[Si]([O-])[O-].[Al+3].[Al+3].[SiH4].[SiH4]. The molecule has 0 radical (unpaired) electrons. The second kappa shape index (κ2) is 36.2. The van der Waals surface area contributed by atoms with E-state index in [2.05, 4.69) is 0 Å². The summed E-state index contributed by atoms with van der Waals surface area (Å²) in [6, 6.07) is 0. The number of hydrogen-bond acceptors (Lipinski definition) is 9. The van der Waals surface area contributed by atoms with Gasteiger partial charge >= 0.3 is 34.7 Å². The molecule has 0 saturated heterocycles. The van der Waals surface area contributed by atoms with Crippen molar-refractivity contribution in [2.45, 2.75) is 0 Å². The molecule has 0 rings (SSSR count). The van der Waals surface area contributed by atoms with Crippen molar-refractivity contribution in [3.8, 4) is 0 Å². The Balaban J connectivity index is -0.0000000135. The van der Waals surface area contributed by atoms with Crippen LogP contribution in [0.15, 0.2) is 0 Å². The van der Waals surface area contributed by atoms with Crippen molar-refractivity contribution >= 4 is 84.2 Å². The minimum Gasteiger partial charge on any atom is -0.672 e. The van der Waals surface area contributed by atoms with Gasteiger partial charge in [-0.2, -0.15) is 0 Å². The Morgan fingerprint density at radius 1 is 0.500 bits per heavy atom. The topological polar surface area (TPSA) is 190 Å². The molecule has 0 unspecified atom stereocenters. The minimum atomic E-state index is -3.63. The number of rotatable bonds is 0. The van der Waals surface area contributed by atoms with E-state index in [-0.39, 0.29) is 56.7 Å². The van der Waals surface area contributed by atoms with Crippen molar-refractivity contribution in [1.82, 2.24) is 0 Å². The maximum atomic E-state index is 8.52. The average Bonchev–Trinajstić information content (AvgIpc) is 1.54. The van der Waals surface area contributed by atoms with Gasteiger partial charge in [-0.3, -0.25) is 0 Å². The van der Waals surface area contributed by atoms with E-state index >= 15 is 0 Å². The van der Waals surface area contributed by atoms with Gasteiger partial charge in [0.1, 0.15) is 0 Å². The molecule has 16 heteroatoms. The van der Waals surface area contributed by atoms with Gasteiger partial charge in [0.25, 0.3) is 0 Å². The molecule has 0 aliphatic rings. The summed E-state index contributed by atoms with van der Waals surface area (Å²) in [5.74, 6) is 0. The molecule has 0 aliphatic heterocycles. The van der Waals surface area contributed by atoms with Crippen LogP contribution in [0.25, 0.3) is 0 Å². The molecule has 0 aromatic carbocycles. The molecule has 0 aliphatic carbocycles. The fraction of sp³-hybridized carbons (Fsp3) is 0. The molecular formula is H8Al2O9Si5. The Morgan fingerprint density at radius 2 is 0.500 bits per heavy atom. The predicted molar refractivity (Wildman–Crippen MR) is 53.5 cm³/mol. The van der Waals surface area contributed by atoms with Crippen LogP contribution in [0.3, 0.4) is 0 Å². The summed E-state index contributed by atoms with van der Waals surface area (Å²) in [6.07, 6.45) is 0. The molecule has 0 bridgehead atoms. The predicted octanol–water partition coefficient (Wildman–Crippen LogP) is -12.3. The summed E-state index contributed by atoms with van der Waals surface area (Å²) in [6.45, 7) is 0. The smallest absolute Gasteiger partial charge is 0.672 e. The van der Waals surface area contributed by atoms with Gasteiger partial charge in [-0.25, -0.2) is 0 Å². The van der Waals surface area contributed by atoms with E-state index < -0.39 is 27.5 Å². The molecule has 0 spiro atoms. The van der Waals surface area contributed by atoms with Gasteiger partial charge in [0.05, 0.1) is 0 Å². The summed E-state index contributed by atoms with van der Waals surface area (Å²) in [5.41, 5.74) is 0. The van der Waals surface area contributed by atoms with Crippen LogP contribution in [0, 0.1) is 0 Å². The normalized spacial score (nSPS) is 4.50. The number of hydrogen-bond donors (Lipinski definition) is 0. The van der Waals surface area contributed by atoms with Crippen LogP contribution < -0.4 is 28.8 Å². The van der Waals surface area contributed by atoms with Crippen LogP contribution >= 0.6 is 0 Å². The summed E-state index contributed by atoms with van der Waals surface area (Å²) in [4.78, 5) is 51.1. The minimum absolute atomic E-state index is 0. The van der Waals surface area contributed by atoms with Gasteiger partial charge < -0.3 is 42.2 Å². The first-order valence-electron chi connectivity index (χ1n) is 1.84. The Labute approximate surface area is 126 Å². The molecule has 0 saturated carbocycles. The van der Waals surface area contributed by atoms with Crippen LogP contribution in [0.1, 0.15) is 0 Å². The summed E-state index contributed by atoms with van der Waals surface area (Å²) in [5, 5.41) is 0. The fourth-order valence-corrected chi connectivity index (χ4v) is 0. The molecule has 0 atom stereocenters. The molecule has 88 valence electrons. The average molecular weight is 346 g/mol. The van der Waals surface area contributed by atoms with Crippen LogP contribution in [0.5, 0.6) is 0 Å². The van der Waals surface area contributed by atoms with Crippen molar-refractivity contribution in [2.75, 3.05) is 0 Å². The third kappa shape index (κ3) is 21000. The largest absolute Gasteiger partial charge is 3.00 e. The second-order valence-corrected chi connectivity index (χ2v) is 2.25. The van der Waals surface area contributed by atoms with Crippen molar-refractivity contribution < 1.29 is 42.2 Å². The van der Waals surface area contributed by atoms with Crippen molar-refractivity contribution in [2.24, 2.45) is 0 Å². The molecule has 0 aromatic heterocycles. The van der Waals surface area contributed by atoms with Gasteiger partial charge in [0, 0.05) is 27.5 Å². The van der Waals surface area contributed by atoms with Gasteiger partial charge in [-0.05, 0) is 21.9 Å². The standard InChI is InChI=1S/2Al.3O3Si.2H4Si/c;;3*1-4(2)3;;/h;;;;;2*1H4/q2*+3;3*-2;;. The third-order valence-electron chi connectivity index (χ3n) is 0. The fourth-order valence-electron chi connectivity index (χ4n) is 0. The van der Waals surface area contributed by atoms with Gasteiger partial charge in [-0.1, -0.05) is 0 Å². The maximum Gasteiger partial charge on any atom is 3.00 e. The van der Waals surface area contributed by atoms with Gasteiger partial charge in [-0.15, -0.1) is 0 Å². The Kier molecular flexibility index (Phi) is 99.6. The summed E-state index contributed by atoms with van der Waals surface area (Å²) < 4.78 is 25.6. The quantitative estimate of drug-likeness (QED) is 0.383. The third-order valence-corrected chi connectivity index (χ3v) is 0. The molecule has 16 heavy (non-hydrogen) atoms. The summed E-state index contributed by atoms with van der Waals surface area (Å²) >= 11 is 0. The van der Waals surface area contributed by atoms with E-state index in [1.807, 2.05) is 0 Å². The molecule has 0 amide bonds. The van der Waals surface area contributed by atoms with E-state index in [4.69, 9.17) is 42.2 Å². The van der Waals surface area contributed by atoms with Crippen LogP contribution in [-0.4, -0.2) is 84.2 Å². The van der Waals surface area contributed by atoms with E-state index in [0.29, 0.717) is 0 Å². The van der Waals surface area contributed by atoms with E-state index in [1.54, 1.807) is 0 Å². The zero-order chi connectivity index (χ0) is 10.7. The molecule has 9 nitrogen and oxygen atoms in total. The first-order chi connectivity index (χ1) is 5.20. The molecule has 0 fully saturated rings. The summed E-state index contributed by atoms with van der Waals surface area (Å²) in [7, 11) is -10.9. The zero-order valence-corrected chi connectivity index (χ0v) is 11.6. The molecular weight excluding hydrogens is 338 g/mol. The Bertz CT molecular complexity index is 119. The first-order valence-corrected chi connectivity index (χ1v) is 5.51. The molecule has 0 N–H and O–H groups in total. The maximum absolute atomic E-state index is 8.52. The van der Waals surface area contributed by atoms with Crippen LogP contribution in [0.2, 0.25) is 0 Å². The monoisotopic (exact) mass is 346 g/mol. The van der Waals surface area contributed by atoms with Crippen molar-refractivity contribution in [3.63, 3.8) is 0 Å². The zero-order valence-electron chi connectivity index (χ0n) is 6.33. The second-order valence-electron chi connectivity index (χ2n) is 0.750. The molecule has 0 heterocycles. The van der Waals surface area contributed by atoms with E-state index in [1.165, 1.54) is 0 Å². The van der Waals surface area contributed by atoms with Crippen molar-refractivity contribution in [3.05, 3.63) is 0 Å². The van der Waals surface area contributed by atoms with Crippen LogP contribution in [-0.2, 0) is 13.4 Å². The van der Waals surface area contributed by atoms with Crippen LogP contribution in [0.4, 0.5) is 0 Å². The Hall–Kier alpha value is 0.349. The van der Waals surface area contributed by atoms with E-state index in [0.717, 1.165) is 0 Å². The first kappa shape index (κ1) is 44.1. The molecule has 0 aromatic rings. The van der Waals surface area contributed by atoms with Gasteiger partial charge in [0.2, 0.25) is 0 Å². The Morgan fingerprint density at radius 3 is 0.500 bits per heavy atom. The van der Waals surface area contributed by atoms with Gasteiger partial charge in [0.15, 0.2) is 0 Å².